The van der Waals surface area contributed by atoms with Crippen molar-refractivity contribution >= 4 is 34.4 Å². The molecule has 0 fully saturated rings. The molecular weight excluding hydrogens is 282 g/mol. The molecule has 0 aliphatic carbocycles. The fourth-order valence-corrected chi connectivity index (χ4v) is 3.42. The first kappa shape index (κ1) is 13.9. The number of aryl methyl sites for hydroxylation is 1. The molecule has 0 aliphatic rings. The van der Waals surface area contributed by atoms with Crippen LogP contribution < -0.4 is 0 Å². The number of nitrogens with zero attached hydrogens (tertiary/aromatic N) is 1. The summed E-state index contributed by atoms with van der Waals surface area (Å²) in [5.41, 5.74) is 0.125. The van der Waals surface area contributed by atoms with Crippen molar-refractivity contribution < 1.29 is 14.3 Å². The second-order valence-electron chi connectivity index (χ2n) is 3.88. The van der Waals surface area contributed by atoms with Crippen LogP contribution in [0.2, 0.25) is 0 Å². The van der Waals surface area contributed by atoms with Gasteiger partial charge >= 0.3 is 5.97 Å². The molecule has 0 aliphatic heterocycles. The number of thiophene rings is 1. The van der Waals surface area contributed by atoms with E-state index in [1.807, 2.05) is 19.1 Å². The third-order valence-electron chi connectivity index (χ3n) is 2.37. The molecule has 0 amide bonds. The average Bonchev–Trinajstić information content (AvgIpc) is 2.94. The Balaban J connectivity index is 2.46. The zero-order valence-corrected chi connectivity index (χ0v) is 12.5. The summed E-state index contributed by atoms with van der Waals surface area (Å²) in [5, 5.41) is 0.686. The van der Waals surface area contributed by atoms with Crippen molar-refractivity contribution in [2.45, 2.75) is 20.8 Å². The van der Waals surface area contributed by atoms with Crippen molar-refractivity contribution in [1.82, 2.24) is 4.98 Å². The van der Waals surface area contributed by atoms with Crippen LogP contribution in [0.4, 0.5) is 0 Å². The van der Waals surface area contributed by atoms with Crippen molar-refractivity contribution in [2.24, 2.45) is 0 Å². The number of rotatable bonds is 4. The van der Waals surface area contributed by atoms with Crippen LogP contribution in [0.15, 0.2) is 12.1 Å². The standard InChI is InChI=1S/C13H13NO3S2/c1-4-17-13(16)10-11(8(3)15)19-12(14-10)9-6-5-7(2)18-9/h5-6H,4H2,1-3H3. The maximum absolute atomic E-state index is 11.8. The van der Waals surface area contributed by atoms with Gasteiger partial charge in [-0.3, -0.25) is 4.79 Å². The van der Waals surface area contributed by atoms with Crippen LogP contribution >= 0.6 is 22.7 Å². The first-order chi connectivity index (χ1) is 9.02. The Morgan fingerprint density at radius 1 is 1.32 bits per heavy atom. The van der Waals surface area contributed by atoms with Gasteiger partial charge in [-0.15, -0.1) is 22.7 Å². The van der Waals surface area contributed by atoms with Gasteiger partial charge in [0.15, 0.2) is 11.5 Å². The highest BCUT2D eigenvalue weighted by atomic mass is 32.1. The fourth-order valence-electron chi connectivity index (χ4n) is 1.55. The Morgan fingerprint density at radius 2 is 2.05 bits per heavy atom. The van der Waals surface area contributed by atoms with Gasteiger partial charge in [0.1, 0.15) is 9.88 Å². The molecule has 2 aromatic heterocycles. The number of carbonyl (C=O) groups excluding carboxylic acids is 2. The highest BCUT2D eigenvalue weighted by Gasteiger charge is 2.23. The molecule has 0 N–H and O–H groups in total. The van der Waals surface area contributed by atoms with Crippen LogP contribution in [0, 0.1) is 6.92 Å². The van der Waals surface area contributed by atoms with Gasteiger partial charge in [-0.25, -0.2) is 9.78 Å². The summed E-state index contributed by atoms with van der Waals surface area (Å²) in [6.45, 7) is 5.42. The molecule has 100 valence electrons. The number of hydrogen-bond donors (Lipinski definition) is 0. The molecular formula is C13H13NO3S2. The van der Waals surface area contributed by atoms with Gasteiger partial charge < -0.3 is 4.74 Å². The molecule has 6 heteroatoms. The van der Waals surface area contributed by atoms with E-state index in [0.717, 1.165) is 9.75 Å². The predicted molar refractivity (Wildman–Crippen MR) is 76.1 cm³/mol. The summed E-state index contributed by atoms with van der Waals surface area (Å²) in [7, 11) is 0. The van der Waals surface area contributed by atoms with E-state index in [2.05, 4.69) is 4.98 Å². The van der Waals surface area contributed by atoms with Crippen LogP contribution in [-0.2, 0) is 4.74 Å². The minimum absolute atomic E-state index is 0.125. The average molecular weight is 295 g/mol. The van der Waals surface area contributed by atoms with Gasteiger partial charge in [0.2, 0.25) is 0 Å². The number of hydrogen-bond acceptors (Lipinski definition) is 6. The lowest BCUT2D eigenvalue weighted by atomic mass is 10.3. The molecule has 2 aromatic rings. The Kier molecular flexibility index (Phi) is 4.11. The summed E-state index contributed by atoms with van der Waals surface area (Å²) >= 11 is 2.82. The summed E-state index contributed by atoms with van der Waals surface area (Å²) in [6.07, 6.45) is 0. The van der Waals surface area contributed by atoms with Crippen molar-refractivity contribution in [1.29, 1.82) is 0 Å². The van der Waals surface area contributed by atoms with E-state index in [4.69, 9.17) is 4.74 Å². The van der Waals surface area contributed by atoms with E-state index in [1.54, 1.807) is 18.3 Å². The Morgan fingerprint density at radius 3 is 2.58 bits per heavy atom. The number of carbonyl (C=O) groups is 2. The first-order valence-electron chi connectivity index (χ1n) is 5.78. The molecule has 19 heavy (non-hydrogen) atoms. The second-order valence-corrected chi connectivity index (χ2v) is 6.17. The van der Waals surface area contributed by atoms with Gasteiger partial charge in [0.05, 0.1) is 11.5 Å². The summed E-state index contributed by atoms with van der Waals surface area (Å²) in [6, 6.07) is 3.93. The molecule has 0 saturated heterocycles. The molecule has 0 bridgehead atoms. The normalized spacial score (nSPS) is 10.5. The molecule has 0 spiro atoms. The van der Waals surface area contributed by atoms with Crippen LogP contribution in [0.5, 0.6) is 0 Å². The molecule has 2 heterocycles. The zero-order chi connectivity index (χ0) is 14.0. The second kappa shape index (κ2) is 5.63. The van der Waals surface area contributed by atoms with E-state index in [-0.39, 0.29) is 18.1 Å². The number of aromatic nitrogens is 1. The van der Waals surface area contributed by atoms with Gasteiger partial charge in [0, 0.05) is 11.8 Å². The van der Waals surface area contributed by atoms with Gasteiger partial charge in [-0.2, -0.15) is 0 Å². The number of ether oxygens (including phenoxy) is 1. The highest BCUT2D eigenvalue weighted by molar-refractivity contribution is 7.22. The monoisotopic (exact) mass is 295 g/mol. The fraction of sp³-hybridized carbons (Fsp3) is 0.308. The van der Waals surface area contributed by atoms with Crippen molar-refractivity contribution in [3.8, 4) is 9.88 Å². The summed E-state index contributed by atoms with van der Waals surface area (Å²) in [5.74, 6) is -0.705. The molecule has 0 unspecified atom stereocenters. The number of esters is 1. The van der Waals surface area contributed by atoms with Gasteiger partial charge in [-0.1, -0.05) is 0 Å². The van der Waals surface area contributed by atoms with Crippen molar-refractivity contribution in [3.63, 3.8) is 0 Å². The molecule has 0 aromatic carbocycles. The highest BCUT2D eigenvalue weighted by Crippen LogP contribution is 2.33. The van der Waals surface area contributed by atoms with Crippen molar-refractivity contribution in [2.75, 3.05) is 6.61 Å². The third-order valence-corrected chi connectivity index (χ3v) is 4.69. The van der Waals surface area contributed by atoms with E-state index < -0.39 is 5.97 Å². The Labute approximate surface area is 119 Å². The third kappa shape index (κ3) is 2.90. The lowest BCUT2D eigenvalue weighted by Gasteiger charge is -1.98. The van der Waals surface area contributed by atoms with Crippen LogP contribution in [0.1, 0.15) is 38.9 Å². The van der Waals surface area contributed by atoms with Crippen molar-refractivity contribution in [3.05, 3.63) is 27.6 Å². The number of Topliss-reactive ketones (excluding diaryl/α,β-unsaturated/α-hetero) is 1. The van der Waals surface area contributed by atoms with E-state index in [0.29, 0.717) is 9.88 Å². The largest absolute Gasteiger partial charge is 0.461 e. The quantitative estimate of drug-likeness (QED) is 0.639. The van der Waals surface area contributed by atoms with E-state index >= 15 is 0 Å². The minimum Gasteiger partial charge on any atom is -0.461 e. The Bertz CT molecular complexity index is 628. The van der Waals surface area contributed by atoms with Gasteiger partial charge in [0.25, 0.3) is 0 Å². The zero-order valence-electron chi connectivity index (χ0n) is 10.9. The first-order valence-corrected chi connectivity index (χ1v) is 7.42. The van der Waals surface area contributed by atoms with Crippen LogP contribution in [0.25, 0.3) is 9.88 Å². The smallest absolute Gasteiger partial charge is 0.358 e. The minimum atomic E-state index is -0.538. The van der Waals surface area contributed by atoms with Crippen LogP contribution in [0.3, 0.4) is 0 Å². The maximum atomic E-state index is 11.8. The lowest BCUT2D eigenvalue weighted by molar-refractivity contribution is 0.0517. The molecule has 0 radical (unpaired) electrons. The predicted octanol–water partition coefficient (Wildman–Crippen LogP) is 3.56. The maximum Gasteiger partial charge on any atom is 0.358 e. The van der Waals surface area contributed by atoms with Gasteiger partial charge in [-0.05, 0) is 26.0 Å². The molecule has 0 atom stereocenters. The van der Waals surface area contributed by atoms with Crippen LogP contribution in [-0.4, -0.2) is 23.3 Å². The molecule has 2 rings (SSSR count). The van der Waals surface area contributed by atoms with E-state index in [1.165, 1.54) is 18.3 Å². The lowest BCUT2D eigenvalue weighted by Crippen LogP contribution is -2.09. The Hall–Kier alpha value is -1.53. The number of thiazole rings is 1. The molecule has 0 saturated carbocycles. The summed E-state index contributed by atoms with van der Waals surface area (Å²) in [4.78, 5) is 30.1. The summed E-state index contributed by atoms with van der Waals surface area (Å²) < 4.78 is 4.93. The SMILES string of the molecule is CCOC(=O)c1nc(-c2ccc(C)s2)sc1C(C)=O. The number of ketones is 1. The van der Waals surface area contributed by atoms with E-state index in [9.17, 15) is 9.59 Å². The molecule has 4 nitrogen and oxygen atoms in total. The topological polar surface area (TPSA) is 56.3 Å².